The van der Waals surface area contributed by atoms with E-state index in [0.29, 0.717) is 12.8 Å². The van der Waals surface area contributed by atoms with E-state index in [4.69, 9.17) is 5.11 Å². The van der Waals surface area contributed by atoms with E-state index in [1.54, 1.807) is 0 Å². The van der Waals surface area contributed by atoms with Crippen molar-refractivity contribution < 1.29 is 35.1 Å². The highest BCUT2D eigenvalue weighted by atomic mass is 16.4. The molecule has 4 aliphatic rings. The molecule has 8 nitrogen and oxygen atoms in total. The number of rotatable bonds is 6. The quantitative estimate of drug-likeness (QED) is 0.337. The van der Waals surface area contributed by atoms with E-state index < -0.39 is 42.1 Å². The van der Waals surface area contributed by atoms with Crippen molar-refractivity contribution in [3.63, 3.8) is 0 Å². The van der Waals surface area contributed by atoms with Gasteiger partial charge < -0.3 is 30.8 Å². The fourth-order valence-corrected chi connectivity index (χ4v) is 9.04. The number of carboxylic acids is 1. The topological polar surface area (TPSA) is 147 Å². The van der Waals surface area contributed by atoms with Crippen molar-refractivity contribution in [1.29, 1.82) is 0 Å². The van der Waals surface area contributed by atoms with E-state index in [1.807, 2.05) is 6.92 Å². The van der Waals surface area contributed by atoms with Crippen LogP contribution in [0.15, 0.2) is 0 Å². The zero-order valence-corrected chi connectivity index (χ0v) is 20.7. The van der Waals surface area contributed by atoms with E-state index >= 15 is 0 Å². The summed E-state index contributed by atoms with van der Waals surface area (Å²) in [5.74, 6) is -0.990. The summed E-state index contributed by atoms with van der Waals surface area (Å²) in [7, 11) is 0. The van der Waals surface area contributed by atoms with Crippen LogP contribution in [0, 0.1) is 46.3 Å². The Morgan fingerprint density at radius 2 is 1.74 bits per heavy atom. The first kappa shape index (κ1) is 25.9. The molecule has 0 aromatic rings. The van der Waals surface area contributed by atoms with Crippen molar-refractivity contribution >= 4 is 11.9 Å². The van der Waals surface area contributed by atoms with Gasteiger partial charge in [-0.05, 0) is 97.7 Å². The summed E-state index contributed by atoms with van der Waals surface area (Å²) < 4.78 is 0. The lowest BCUT2D eigenvalue weighted by Crippen LogP contribution is -2.62. The monoisotopic (exact) mass is 481 g/mol. The first-order valence-electron chi connectivity index (χ1n) is 13.1. The van der Waals surface area contributed by atoms with Crippen molar-refractivity contribution in [2.75, 3.05) is 6.54 Å². The molecule has 34 heavy (non-hydrogen) atoms. The molecule has 4 saturated carbocycles. The van der Waals surface area contributed by atoms with Crippen molar-refractivity contribution in [3.8, 4) is 0 Å². The molecule has 0 saturated heterocycles. The van der Waals surface area contributed by atoms with Crippen LogP contribution in [0.4, 0.5) is 0 Å². The normalized spacial score (nSPS) is 47.6. The van der Waals surface area contributed by atoms with Crippen LogP contribution in [-0.2, 0) is 9.59 Å². The minimum atomic E-state index is -1.29. The van der Waals surface area contributed by atoms with Gasteiger partial charge in [0.15, 0.2) is 0 Å². The molecule has 0 radical (unpaired) electrons. The van der Waals surface area contributed by atoms with E-state index in [1.165, 1.54) is 0 Å². The van der Waals surface area contributed by atoms with E-state index in [-0.39, 0.29) is 53.4 Å². The zero-order valence-electron chi connectivity index (χ0n) is 20.7. The molecule has 6 N–H and O–H groups in total. The Morgan fingerprint density at radius 1 is 1.03 bits per heavy atom. The average molecular weight is 482 g/mol. The van der Waals surface area contributed by atoms with Gasteiger partial charge >= 0.3 is 5.97 Å². The average Bonchev–Trinajstić information content (AvgIpc) is 3.12. The number of aliphatic hydroxyl groups is 4. The first-order valence-corrected chi connectivity index (χ1v) is 13.1. The largest absolute Gasteiger partial charge is 0.480 e. The van der Waals surface area contributed by atoms with Crippen molar-refractivity contribution in [1.82, 2.24) is 5.32 Å². The number of nitrogens with one attached hydrogen (secondary N) is 1. The third-order valence-electron chi connectivity index (χ3n) is 10.8. The minimum Gasteiger partial charge on any atom is -0.480 e. The number of carbonyl (C=O) groups is 2. The fourth-order valence-electron chi connectivity index (χ4n) is 9.04. The van der Waals surface area contributed by atoms with Gasteiger partial charge in [-0.2, -0.15) is 0 Å². The van der Waals surface area contributed by atoms with E-state index in [9.17, 15) is 30.0 Å². The van der Waals surface area contributed by atoms with Crippen LogP contribution >= 0.6 is 0 Å². The van der Waals surface area contributed by atoms with Crippen molar-refractivity contribution in [3.05, 3.63) is 0 Å². The highest BCUT2D eigenvalue weighted by Gasteiger charge is 2.65. The molecular formula is C26H43NO7. The lowest BCUT2D eigenvalue weighted by atomic mass is 9.43. The molecule has 12 atom stereocenters. The van der Waals surface area contributed by atoms with Crippen LogP contribution in [0.2, 0.25) is 0 Å². The number of hydrogen-bond donors (Lipinski definition) is 6. The summed E-state index contributed by atoms with van der Waals surface area (Å²) in [5, 5.41) is 54.6. The highest BCUT2D eigenvalue weighted by Crippen LogP contribution is 2.68. The molecule has 0 bridgehead atoms. The number of aliphatic carboxylic acids is 1. The summed E-state index contributed by atoms with van der Waals surface area (Å²) in [5.41, 5.74) is -0.385. The van der Waals surface area contributed by atoms with Crippen LogP contribution in [0.1, 0.15) is 72.1 Å². The number of hydrogen-bond acceptors (Lipinski definition) is 6. The summed E-state index contributed by atoms with van der Waals surface area (Å²) >= 11 is 0. The molecule has 1 amide bonds. The Morgan fingerprint density at radius 3 is 2.41 bits per heavy atom. The van der Waals surface area contributed by atoms with Gasteiger partial charge in [0.2, 0.25) is 5.91 Å². The molecular weight excluding hydrogens is 438 g/mol. The van der Waals surface area contributed by atoms with Crippen molar-refractivity contribution in [2.45, 2.75) is 96.6 Å². The second-order valence-electron chi connectivity index (χ2n) is 12.4. The third kappa shape index (κ3) is 4.18. The van der Waals surface area contributed by atoms with Gasteiger partial charge in [-0.3, -0.25) is 9.59 Å². The Bertz CT molecular complexity index is 791. The Kier molecular flexibility index (Phi) is 7.10. The lowest BCUT2D eigenvalue weighted by Gasteiger charge is -2.63. The number of carbonyl (C=O) groups excluding carboxylic acids is 1. The second-order valence-corrected chi connectivity index (χ2v) is 12.4. The maximum absolute atomic E-state index is 12.1. The molecule has 0 spiro atoms. The van der Waals surface area contributed by atoms with Crippen LogP contribution in [0.3, 0.4) is 0 Å². The SMILES string of the molecule is C[C@H](CC(O)C(=O)NCC(=O)O)[C@H]1CCC2C3C(C[C@H](O)[C@@]21C)[C@@]1(C)CC[C@@H](O)CC1C[C@@H]3O. The maximum Gasteiger partial charge on any atom is 0.322 e. The van der Waals surface area contributed by atoms with Gasteiger partial charge in [0.1, 0.15) is 12.6 Å². The molecule has 0 heterocycles. The van der Waals surface area contributed by atoms with Gasteiger partial charge in [0, 0.05) is 0 Å². The number of fused-ring (bicyclic) bond motifs is 5. The Balaban J connectivity index is 1.51. The van der Waals surface area contributed by atoms with Crippen LogP contribution in [0.25, 0.3) is 0 Å². The molecule has 0 aromatic carbocycles. The molecule has 8 heteroatoms. The molecule has 4 rings (SSSR count). The first-order chi connectivity index (χ1) is 15.9. The fraction of sp³-hybridized carbons (Fsp3) is 0.923. The molecule has 0 aromatic heterocycles. The van der Waals surface area contributed by atoms with Gasteiger partial charge in [0.05, 0.1) is 18.3 Å². The maximum atomic E-state index is 12.1. The predicted octanol–water partition coefficient (Wildman–Crippen LogP) is 1.54. The summed E-state index contributed by atoms with van der Waals surface area (Å²) in [4.78, 5) is 22.8. The summed E-state index contributed by atoms with van der Waals surface area (Å²) in [6, 6.07) is 0. The number of amides is 1. The second kappa shape index (κ2) is 9.34. The smallest absolute Gasteiger partial charge is 0.322 e. The predicted molar refractivity (Wildman–Crippen MR) is 124 cm³/mol. The molecule has 4 aliphatic carbocycles. The van der Waals surface area contributed by atoms with Gasteiger partial charge in [-0.15, -0.1) is 0 Å². The summed E-state index contributed by atoms with van der Waals surface area (Å²) in [6.45, 7) is 5.92. The van der Waals surface area contributed by atoms with Crippen LogP contribution in [-0.4, -0.2) is 68.4 Å². The van der Waals surface area contributed by atoms with Gasteiger partial charge in [-0.25, -0.2) is 0 Å². The Hall–Kier alpha value is -1.22. The summed E-state index contributed by atoms with van der Waals surface area (Å²) in [6.07, 6.45) is 3.23. The highest BCUT2D eigenvalue weighted by molar-refractivity contribution is 5.84. The van der Waals surface area contributed by atoms with E-state index in [2.05, 4.69) is 19.2 Å². The number of aliphatic hydroxyl groups excluding tert-OH is 4. The molecule has 5 unspecified atom stereocenters. The Labute approximate surface area is 202 Å². The van der Waals surface area contributed by atoms with Gasteiger partial charge in [-0.1, -0.05) is 20.8 Å². The lowest BCUT2D eigenvalue weighted by molar-refractivity contribution is -0.207. The zero-order chi connectivity index (χ0) is 25.0. The standard InChI is InChI=1S/C26H43NO7/c1-13(8-20(30)24(34)27-12-22(32)33)16-4-5-17-23-18(11-21(31)26(16,17)3)25(2)7-6-15(28)9-14(25)10-19(23)29/h13-21,23,28-31H,4-12H2,1-3H3,(H,27,34)(H,32,33)/t13-,14?,15-,16-,17?,18?,19+,20?,21+,23?,25+,26-/m1/s1. The molecule has 194 valence electrons. The minimum absolute atomic E-state index is 0.0214. The molecule has 4 fully saturated rings. The van der Waals surface area contributed by atoms with Crippen LogP contribution in [0.5, 0.6) is 0 Å². The van der Waals surface area contributed by atoms with Crippen LogP contribution < -0.4 is 5.32 Å². The van der Waals surface area contributed by atoms with E-state index in [0.717, 1.165) is 32.1 Å². The number of carboxylic acid groups (broad SMARTS) is 1. The molecule has 0 aliphatic heterocycles. The third-order valence-corrected chi connectivity index (χ3v) is 10.8. The van der Waals surface area contributed by atoms with Crippen molar-refractivity contribution in [2.24, 2.45) is 46.3 Å². The van der Waals surface area contributed by atoms with Gasteiger partial charge in [0.25, 0.3) is 0 Å².